The van der Waals surface area contributed by atoms with Crippen LogP contribution in [0.15, 0.2) is 62.7 Å². The van der Waals surface area contributed by atoms with Crippen LogP contribution in [0, 0.1) is 5.82 Å². The number of amides is 1. The first-order chi connectivity index (χ1) is 15.2. The van der Waals surface area contributed by atoms with E-state index >= 15 is 0 Å². The molecule has 0 radical (unpaired) electrons. The molecule has 0 aliphatic carbocycles. The molecule has 0 unspecified atom stereocenters. The van der Waals surface area contributed by atoms with E-state index in [9.17, 15) is 17.6 Å². The first-order valence-electron chi connectivity index (χ1n) is 10.1. The standard InChI is InChI=1S/C22H24FN3O4S2/c1-15(2)32(28,29)19-11-5-16(6-12-19)14-21-25-26-22(30-21)24-20(27)4-3-13-31-18-9-7-17(23)8-10-18/h5-12,15H,3-4,13-14H2,1-2H3,(H,24,26,27). The fourth-order valence-corrected chi connectivity index (χ4v) is 4.67. The molecule has 1 aromatic heterocycles. The van der Waals surface area contributed by atoms with Gasteiger partial charge in [-0.15, -0.1) is 16.9 Å². The maximum Gasteiger partial charge on any atom is 0.322 e. The van der Waals surface area contributed by atoms with Crippen LogP contribution in [-0.4, -0.2) is 35.5 Å². The highest BCUT2D eigenvalue weighted by Gasteiger charge is 2.19. The smallest absolute Gasteiger partial charge is 0.322 e. The van der Waals surface area contributed by atoms with E-state index in [1.165, 1.54) is 12.1 Å². The van der Waals surface area contributed by atoms with Gasteiger partial charge in [0.05, 0.1) is 16.6 Å². The van der Waals surface area contributed by atoms with Gasteiger partial charge in [-0.1, -0.05) is 17.2 Å². The van der Waals surface area contributed by atoms with E-state index in [1.807, 2.05) is 0 Å². The van der Waals surface area contributed by atoms with E-state index in [-0.39, 0.29) is 29.1 Å². The van der Waals surface area contributed by atoms with Crippen molar-refractivity contribution in [2.24, 2.45) is 0 Å². The van der Waals surface area contributed by atoms with Gasteiger partial charge < -0.3 is 4.42 Å². The number of halogens is 1. The number of hydrogen-bond acceptors (Lipinski definition) is 7. The van der Waals surface area contributed by atoms with Crippen LogP contribution in [0.3, 0.4) is 0 Å². The second-order valence-corrected chi connectivity index (χ2v) is 11.0. The van der Waals surface area contributed by atoms with Gasteiger partial charge in [-0.2, -0.15) is 0 Å². The number of aromatic nitrogens is 2. The number of carbonyl (C=O) groups excluding carboxylic acids is 1. The topological polar surface area (TPSA) is 102 Å². The molecule has 0 spiro atoms. The van der Waals surface area contributed by atoms with Gasteiger partial charge in [0, 0.05) is 11.3 Å². The van der Waals surface area contributed by atoms with Crippen molar-refractivity contribution in [1.29, 1.82) is 0 Å². The lowest BCUT2D eigenvalue weighted by atomic mass is 10.1. The van der Waals surface area contributed by atoms with Gasteiger partial charge in [0.15, 0.2) is 9.84 Å². The summed E-state index contributed by atoms with van der Waals surface area (Å²) in [5.74, 6) is 0.523. The van der Waals surface area contributed by atoms with Gasteiger partial charge in [-0.05, 0) is 68.0 Å². The molecular formula is C22H24FN3O4S2. The SMILES string of the molecule is CC(C)S(=O)(=O)c1ccc(Cc2nnc(NC(=O)CCCSc3ccc(F)cc3)o2)cc1. The third-order valence-corrected chi connectivity index (χ3v) is 7.84. The van der Waals surface area contributed by atoms with Gasteiger partial charge in [0.1, 0.15) is 5.82 Å². The maximum atomic E-state index is 12.9. The minimum atomic E-state index is -3.32. The van der Waals surface area contributed by atoms with Crippen LogP contribution in [0.4, 0.5) is 10.4 Å². The molecule has 0 bridgehead atoms. The predicted molar refractivity (Wildman–Crippen MR) is 121 cm³/mol. The van der Waals surface area contributed by atoms with Crippen LogP contribution in [0.25, 0.3) is 0 Å². The first-order valence-corrected chi connectivity index (χ1v) is 12.6. The zero-order valence-electron chi connectivity index (χ0n) is 17.7. The zero-order valence-corrected chi connectivity index (χ0v) is 19.4. The predicted octanol–water partition coefficient (Wildman–Crippen LogP) is 4.49. The van der Waals surface area contributed by atoms with E-state index < -0.39 is 15.1 Å². The van der Waals surface area contributed by atoms with Crippen LogP contribution in [-0.2, 0) is 21.1 Å². The Morgan fingerprint density at radius 3 is 2.44 bits per heavy atom. The molecule has 0 aliphatic rings. The lowest BCUT2D eigenvalue weighted by Gasteiger charge is -2.08. The fourth-order valence-electron chi connectivity index (χ4n) is 2.75. The van der Waals surface area contributed by atoms with Crippen LogP contribution >= 0.6 is 11.8 Å². The third-order valence-electron chi connectivity index (χ3n) is 4.57. The summed E-state index contributed by atoms with van der Waals surface area (Å²) in [5.41, 5.74) is 0.812. The van der Waals surface area contributed by atoms with E-state index in [4.69, 9.17) is 4.42 Å². The maximum absolute atomic E-state index is 12.9. The Bertz CT molecular complexity index is 1140. The Labute approximate surface area is 190 Å². The molecule has 1 amide bonds. The Hall–Kier alpha value is -2.72. The quantitative estimate of drug-likeness (QED) is 0.339. The highest BCUT2D eigenvalue weighted by Crippen LogP contribution is 2.20. The minimum absolute atomic E-state index is 0.0233. The zero-order chi connectivity index (χ0) is 23.1. The molecular weight excluding hydrogens is 453 g/mol. The molecule has 1 N–H and O–H groups in total. The summed E-state index contributed by atoms with van der Waals surface area (Å²) < 4.78 is 42.7. The average Bonchev–Trinajstić information content (AvgIpc) is 3.19. The van der Waals surface area contributed by atoms with Crippen molar-refractivity contribution in [3.8, 4) is 0 Å². The molecule has 7 nitrogen and oxygen atoms in total. The Kier molecular flexibility index (Phi) is 8.03. The van der Waals surface area contributed by atoms with E-state index in [2.05, 4.69) is 15.5 Å². The Morgan fingerprint density at radius 2 is 1.78 bits per heavy atom. The van der Waals surface area contributed by atoms with Crippen molar-refractivity contribution in [3.63, 3.8) is 0 Å². The molecule has 0 aliphatic heterocycles. The molecule has 2 aromatic carbocycles. The van der Waals surface area contributed by atoms with Gasteiger partial charge >= 0.3 is 6.01 Å². The van der Waals surface area contributed by atoms with E-state index in [0.717, 1.165) is 16.2 Å². The number of sulfone groups is 1. The molecule has 3 rings (SSSR count). The number of benzene rings is 2. The number of carbonyl (C=O) groups is 1. The molecule has 3 aromatic rings. The molecule has 170 valence electrons. The number of rotatable bonds is 10. The number of nitrogens with zero attached hydrogens (tertiary/aromatic N) is 2. The molecule has 0 saturated heterocycles. The Balaban J connectivity index is 1.45. The Morgan fingerprint density at radius 1 is 1.09 bits per heavy atom. The second kappa shape index (κ2) is 10.7. The van der Waals surface area contributed by atoms with Crippen molar-refractivity contribution >= 4 is 33.5 Å². The number of thioether (sulfide) groups is 1. The highest BCUT2D eigenvalue weighted by atomic mass is 32.2. The molecule has 32 heavy (non-hydrogen) atoms. The summed E-state index contributed by atoms with van der Waals surface area (Å²) in [4.78, 5) is 13.3. The number of anilines is 1. The fraction of sp³-hybridized carbons (Fsp3) is 0.318. The minimum Gasteiger partial charge on any atom is -0.407 e. The van der Waals surface area contributed by atoms with E-state index in [1.54, 1.807) is 62.0 Å². The van der Waals surface area contributed by atoms with Gasteiger partial charge in [0.25, 0.3) is 0 Å². The highest BCUT2D eigenvalue weighted by molar-refractivity contribution is 7.99. The van der Waals surface area contributed by atoms with Crippen LogP contribution in [0.5, 0.6) is 0 Å². The molecule has 10 heteroatoms. The van der Waals surface area contributed by atoms with Crippen molar-refractivity contribution < 1.29 is 22.0 Å². The van der Waals surface area contributed by atoms with Crippen molar-refractivity contribution in [2.75, 3.05) is 11.1 Å². The van der Waals surface area contributed by atoms with Crippen molar-refractivity contribution in [3.05, 3.63) is 65.8 Å². The molecule has 0 saturated carbocycles. The monoisotopic (exact) mass is 477 g/mol. The van der Waals surface area contributed by atoms with Crippen molar-refractivity contribution in [1.82, 2.24) is 10.2 Å². The lowest BCUT2D eigenvalue weighted by Crippen LogP contribution is -2.13. The normalized spacial score (nSPS) is 11.6. The molecule has 0 atom stereocenters. The molecule has 1 heterocycles. The second-order valence-electron chi connectivity index (χ2n) is 7.37. The summed E-state index contributed by atoms with van der Waals surface area (Å²) in [5, 5.41) is 9.84. The summed E-state index contributed by atoms with van der Waals surface area (Å²) in [6.07, 6.45) is 1.25. The lowest BCUT2D eigenvalue weighted by molar-refractivity contribution is -0.116. The summed E-state index contributed by atoms with van der Waals surface area (Å²) in [6, 6.07) is 12.8. The number of nitrogens with one attached hydrogen (secondary N) is 1. The van der Waals surface area contributed by atoms with Crippen LogP contribution < -0.4 is 5.32 Å². The van der Waals surface area contributed by atoms with Gasteiger partial charge in [-0.3, -0.25) is 10.1 Å². The van der Waals surface area contributed by atoms with Crippen LogP contribution in [0.1, 0.15) is 38.1 Å². The largest absolute Gasteiger partial charge is 0.407 e. The molecule has 0 fully saturated rings. The van der Waals surface area contributed by atoms with Gasteiger partial charge in [-0.25, -0.2) is 12.8 Å². The van der Waals surface area contributed by atoms with E-state index in [0.29, 0.717) is 18.7 Å². The summed E-state index contributed by atoms with van der Waals surface area (Å²) >= 11 is 1.55. The van der Waals surface area contributed by atoms with Crippen LogP contribution in [0.2, 0.25) is 0 Å². The van der Waals surface area contributed by atoms with Gasteiger partial charge in [0.2, 0.25) is 11.8 Å². The van der Waals surface area contributed by atoms with Crippen molar-refractivity contribution in [2.45, 2.75) is 48.2 Å². The third kappa shape index (κ3) is 6.64. The number of hydrogen-bond donors (Lipinski definition) is 1. The summed E-state index contributed by atoms with van der Waals surface area (Å²) in [6.45, 7) is 3.28. The average molecular weight is 478 g/mol. The summed E-state index contributed by atoms with van der Waals surface area (Å²) in [7, 11) is -3.32. The first kappa shape index (κ1) is 23.9.